The van der Waals surface area contributed by atoms with Gasteiger partial charge in [0, 0.05) is 29.4 Å². The Kier molecular flexibility index (Phi) is 6.07. The summed E-state index contributed by atoms with van der Waals surface area (Å²) in [7, 11) is 0. The van der Waals surface area contributed by atoms with E-state index in [-0.39, 0.29) is 30.0 Å². The third-order valence-electron chi connectivity index (χ3n) is 3.77. The predicted molar refractivity (Wildman–Crippen MR) is 86.2 cm³/mol. The van der Waals surface area contributed by atoms with Crippen LogP contribution in [0.5, 0.6) is 0 Å². The van der Waals surface area contributed by atoms with Gasteiger partial charge >= 0.3 is 0 Å². The number of rotatable bonds is 4. The van der Waals surface area contributed by atoms with Crippen LogP contribution in [0.2, 0.25) is 5.02 Å². The first-order valence-corrected chi connectivity index (χ1v) is 8.21. The molecule has 2 rings (SSSR count). The first-order valence-electron chi connectivity index (χ1n) is 7.30. The van der Waals surface area contributed by atoms with E-state index in [1.165, 1.54) is 0 Å². The SMILES string of the molecule is O=C1CCCCCC1N(C(=O)CCCl)c1ccc(Cl)cc1. The van der Waals surface area contributed by atoms with E-state index < -0.39 is 0 Å². The highest BCUT2D eigenvalue weighted by Gasteiger charge is 2.31. The molecule has 1 unspecified atom stereocenters. The van der Waals surface area contributed by atoms with Crippen LogP contribution in [0.25, 0.3) is 0 Å². The molecule has 114 valence electrons. The Morgan fingerprint density at radius 2 is 1.90 bits per heavy atom. The summed E-state index contributed by atoms with van der Waals surface area (Å²) >= 11 is 11.6. The molecule has 3 nitrogen and oxygen atoms in total. The number of alkyl halides is 1. The van der Waals surface area contributed by atoms with E-state index in [2.05, 4.69) is 0 Å². The van der Waals surface area contributed by atoms with Gasteiger partial charge in [-0.15, -0.1) is 11.6 Å². The maximum atomic E-state index is 12.4. The predicted octanol–water partition coefficient (Wildman–Crippen LogP) is 4.20. The van der Waals surface area contributed by atoms with Gasteiger partial charge in [-0.1, -0.05) is 24.4 Å². The molecule has 1 aromatic carbocycles. The Labute approximate surface area is 135 Å². The van der Waals surface area contributed by atoms with E-state index in [1.54, 1.807) is 29.2 Å². The highest BCUT2D eigenvalue weighted by molar-refractivity contribution is 6.30. The third-order valence-corrected chi connectivity index (χ3v) is 4.21. The van der Waals surface area contributed by atoms with Crippen LogP contribution >= 0.6 is 23.2 Å². The average molecular weight is 328 g/mol. The summed E-state index contributed by atoms with van der Waals surface area (Å²) < 4.78 is 0. The van der Waals surface area contributed by atoms with Crippen molar-refractivity contribution in [2.45, 2.75) is 44.6 Å². The number of carbonyl (C=O) groups is 2. The van der Waals surface area contributed by atoms with Gasteiger partial charge in [0.15, 0.2) is 5.78 Å². The second-order valence-electron chi connectivity index (χ2n) is 5.26. The molecule has 0 bridgehead atoms. The molecule has 1 atom stereocenters. The molecule has 0 aliphatic heterocycles. The van der Waals surface area contributed by atoms with Crippen molar-refractivity contribution in [2.24, 2.45) is 0 Å². The lowest BCUT2D eigenvalue weighted by Gasteiger charge is -2.30. The average Bonchev–Trinajstić information content (AvgIpc) is 2.67. The molecule has 0 aromatic heterocycles. The molecule has 0 heterocycles. The third kappa shape index (κ3) is 4.21. The summed E-state index contributed by atoms with van der Waals surface area (Å²) in [6.45, 7) is 0. The van der Waals surface area contributed by atoms with Crippen molar-refractivity contribution in [3.63, 3.8) is 0 Å². The van der Waals surface area contributed by atoms with Gasteiger partial charge in [0.2, 0.25) is 5.91 Å². The largest absolute Gasteiger partial charge is 0.302 e. The number of hydrogen-bond acceptors (Lipinski definition) is 2. The number of ketones is 1. The molecule has 21 heavy (non-hydrogen) atoms. The van der Waals surface area contributed by atoms with Gasteiger partial charge in [0.25, 0.3) is 0 Å². The van der Waals surface area contributed by atoms with Gasteiger partial charge in [-0.05, 0) is 37.1 Å². The van der Waals surface area contributed by atoms with Crippen molar-refractivity contribution in [2.75, 3.05) is 10.8 Å². The molecule has 1 amide bonds. The van der Waals surface area contributed by atoms with Crippen molar-refractivity contribution in [1.82, 2.24) is 0 Å². The van der Waals surface area contributed by atoms with E-state index in [0.717, 1.165) is 31.4 Å². The molecule has 1 aromatic rings. The van der Waals surface area contributed by atoms with Crippen LogP contribution < -0.4 is 4.90 Å². The van der Waals surface area contributed by atoms with Gasteiger partial charge in [-0.3, -0.25) is 9.59 Å². The zero-order chi connectivity index (χ0) is 15.2. The van der Waals surface area contributed by atoms with Crippen LogP contribution in [0, 0.1) is 0 Å². The Morgan fingerprint density at radius 3 is 2.57 bits per heavy atom. The minimum absolute atomic E-state index is 0.104. The van der Waals surface area contributed by atoms with E-state index in [0.29, 0.717) is 11.4 Å². The van der Waals surface area contributed by atoms with Gasteiger partial charge < -0.3 is 4.90 Å². The summed E-state index contributed by atoms with van der Waals surface area (Å²) in [5.41, 5.74) is 0.717. The summed E-state index contributed by atoms with van der Waals surface area (Å²) in [5.74, 6) is 0.294. The lowest BCUT2D eigenvalue weighted by molar-refractivity contribution is -0.125. The molecule has 0 saturated heterocycles. The first kappa shape index (κ1) is 16.3. The van der Waals surface area contributed by atoms with E-state index in [1.807, 2.05) is 0 Å². The Hall–Kier alpha value is -1.06. The highest BCUT2D eigenvalue weighted by Crippen LogP contribution is 2.27. The van der Waals surface area contributed by atoms with E-state index in [4.69, 9.17) is 23.2 Å². The first-order chi connectivity index (χ1) is 10.1. The van der Waals surface area contributed by atoms with Crippen molar-refractivity contribution < 1.29 is 9.59 Å². The van der Waals surface area contributed by atoms with Gasteiger partial charge in [0.05, 0.1) is 6.04 Å². The lowest BCUT2D eigenvalue weighted by atomic mass is 10.0. The molecule has 0 N–H and O–H groups in total. The molecule has 1 fully saturated rings. The van der Waals surface area contributed by atoms with Gasteiger partial charge in [-0.25, -0.2) is 0 Å². The van der Waals surface area contributed by atoms with E-state index >= 15 is 0 Å². The standard InChI is InChI=1S/C16H19Cl2NO2/c17-11-10-16(21)19(13-8-6-12(18)7-9-13)14-4-2-1-3-5-15(14)20/h6-9,14H,1-5,10-11H2. The van der Waals surface area contributed by atoms with Gasteiger partial charge in [-0.2, -0.15) is 0 Å². The molecule has 1 aliphatic carbocycles. The maximum absolute atomic E-state index is 12.4. The number of nitrogens with zero attached hydrogens (tertiary/aromatic N) is 1. The second-order valence-corrected chi connectivity index (χ2v) is 6.07. The van der Waals surface area contributed by atoms with Crippen LogP contribution in [-0.4, -0.2) is 23.6 Å². The zero-order valence-electron chi connectivity index (χ0n) is 11.9. The van der Waals surface area contributed by atoms with Gasteiger partial charge in [0.1, 0.15) is 0 Å². The number of carbonyl (C=O) groups excluding carboxylic acids is 2. The fourth-order valence-corrected chi connectivity index (χ4v) is 3.00. The van der Waals surface area contributed by atoms with Crippen LogP contribution in [-0.2, 0) is 9.59 Å². The maximum Gasteiger partial charge on any atom is 0.228 e. The zero-order valence-corrected chi connectivity index (χ0v) is 13.4. The normalized spacial score (nSPS) is 19.1. The van der Waals surface area contributed by atoms with Crippen molar-refractivity contribution in [3.8, 4) is 0 Å². The molecule has 0 radical (unpaired) electrons. The minimum atomic E-state index is -0.371. The van der Waals surface area contributed by atoms with E-state index in [9.17, 15) is 9.59 Å². The molecule has 1 saturated carbocycles. The summed E-state index contributed by atoms with van der Waals surface area (Å²) in [6.07, 6.45) is 4.41. The van der Waals surface area contributed by atoms with Crippen LogP contribution in [0.15, 0.2) is 24.3 Å². The second kappa shape index (κ2) is 7.81. The number of Topliss-reactive ketones (excluding diaryl/α,β-unsaturated/α-hetero) is 1. The summed E-state index contributed by atoms with van der Waals surface area (Å²) in [5, 5.41) is 0.607. The smallest absolute Gasteiger partial charge is 0.228 e. The highest BCUT2D eigenvalue weighted by atomic mass is 35.5. The van der Waals surface area contributed by atoms with Crippen molar-refractivity contribution in [1.29, 1.82) is 0 Å². The summed E-state index contributed by atoms with van der Waals surface area (Å²) in [6, 6.07) is 6.67. The fraction of sp³-hybridized carbons (Fsp3) is 0.500. The molecule has 1 aliphatic rings. The Morgan fingerprint density at radius 1 is 1.19 bits per heavy atom. The Bertz CT molecular complexity index is 502. The van der Waals surface area contributed by atoms with Crippen LogP contribution in [0.3, 0.4) is 0 Å². The van der Waals surface area contributed by atoms with Crippen molar-refractivity contribution >= 4 is 40.6 Å². The minimum Gasteiger partial charge on any atom is -0.302 e. The Balaban J connectivity index is 2.32. The molecule has 0 spiro atoms. The van der Waals surface area contributed by atoms with Crippen molar-refractivity contribution in [3.05, 3.63) is 29.3 Å². The quantitative estimate of drug-likeness (QED) is 0.613. The lowest BCUT2D eigenvalue weighted by Crippen LogP contribution is -2.45. The van der Waals surface area contributed by atoms with Crippen LogP contribution in [0.1, 0.15) is 38.5 Å². The number of benzene rings is 1. The topological polar surface area (TPSA) is 37.4 Å². The monoisotopic (exact) mass is 327 g/mol. The number of hydrogen-bond donors (Lipinski definition) is 0. The van der Waals surface area contributed by atoms with Crippen LogP contribution in [0.4, 0.5) is 5.69 Å². The number of amides is 1. The number of anilines is 1. The fourth-order valence-electron chi connectivity index (χ4n) is 2.72. The number of halogens is 2. The molecule has 5 heteroatoms. The molecular formula is C16H19Cl2NO2. The molecular weight excluding hydrogens is 309 g/mol. The summed E-state index contributed by atoms with van der Waals surface area (Å²) in [4.78, 5) is 26.4.